The van der Waals surface area contributed by atoms with Crippen molar-refractivity contribution in [1.29, 1.82) is 0 Å². The number of aromatic nitrogens is 4. The summed E-state index contributed by atoms with van der Waals surface area (Å²) in [5, 5.41) is 17.4. The van der Waals surface area contributed by atoms with Gasteiger partial charge in [0.15, 0.2) is 5.16 Å². The first-order chi connectivity index (χ1) is 16.0. The van der Waals surface area contributed by atoms with Gasteiger partial charge in [-0.15, -0.1) is 21.5 Å². The van der Waals surface area contributed by atoms with Crippen LogP contribution in [0.2, 0.25) is 0 Å². The topological polar surface area (TPSA) is 102 Å². The summed E-state index contributed by atoms with van der Waals surface area (Å²) in [6.45, 7) is 3.43. The zero-order chi connectivity index (χ0) is 23.2. The fourth-order valence-corrected chi connectivity index (χ4v) is 4.84. The van der Waals surface area contributed by atoms with Gasteiger partial charge in [-0.1, -0.05) is 36.0 Å². The third-order valence-electron chi connectivity index (χ3n) is 4.64. The fourth-order valence-electron chi connectivity index (χ4n) is 3.12. The molecule has 33 heavy (non-hydrogen) atoms. The minimum atomic E-state index is -0.127. The molecule has 0 bridgehead atoms. The predicted molar refractivity (Wildman–Crippen MR) is 131 cm³/mol. The number of rotatable bonds is 8. The molecule has 0 aliphatic heterocycles. The van der Waals surface area contributed by atoms with Crippen LogP contribution in [0.3, 0.4) is 0 Å². The lowest BCUT2D eigenvalue weighted by atomic mass is 10.2. The maximum atomic E-state index is 12.4. The number of carbonyl (C=O) groups excluding carboxylic acids is 2. The molecule has 0 saturated carbocycles. The highest BCUT2D eigenvalue weighted by molar-refractivity contribution is 7.98. The fraction of sp³-hybridized carbons (Fsp3) is 0.174. The van der Waals surface area contributed by atoms with Crippen LogP contribution in [0, 0.1) is 6.92 Å². The van der Waals surface area contributed by atoms with E-state index >= 15 is 0 Å². The van der Waals surface area contributed by atoms with E-state index in [2.05, 4.69) is 25.8 Å². The van der Waals surface area contributed by atoms with Gasteiger partial charge in [0.2, 0.25) is 11.8 Å². The molecule has 2 N–H and O–H groups in total. The molecule has 2 amide bonds. The number of carbonyl (C=O) groups is 2. The van der Waals surface area contributed by atoms with Crippen molar-refractivity contribution in [1.82, 2.24) is 19.7 Å². The van der Waals surface area contributed by atoms with Crippen LogP contribution in [0.1, 0.15) is 23.2 Å². The van der Waals surface area contributed by atoms with Gasteiger partial charge >= 0.3 is 0 Å². The van der Waals surface area contributed by atoms with E-state index in [0.29, 0.717) is 16.6 Å². The van der Waals surface area contributed by atoms with Crippen molar-refractivity contribution < 1.29 is 9.59 Å². The van der Waals surface area contributed by atoms with E-state index in [1.54, 1.807) is 6.33 Å². The average molecular weight is 479 g/mol. The second-order valence-corrected chi connectivity index (χ2v) is 9.16. The Bertz CT molecular complexity index is 1280. The molecule has 2 heterocycles. The molecule has 0 atom stereocenters. The number of nitrogens with one attached hydrogen (secondary N) is 2. The Morgan fingerprint density at radius 3 is 2.79 bits per heavy atom. The van der Waals surface area contributed by atoms with Crippen molar-refractivity contribution in [2.45, 2.75) is 31.2 Å². The normalized spacial score (nSPS) is 10.7. The average Bonchev–Trinajstić information content (AvgIpc) is 3.43. The van der Waals surface area contributed by atoms with Crippen LogP contribution in [0.15, 0.2) is 65.4 Å². The first kappa shape index (κ1) is 22.7. The van der Waals surface area contributed by atoms with Crippen molar-refractivity contribution in [2.24, 2.45) is 0 Å². The summed E-state index contributed by atoms with van der Waals surface area (Å²) in [6.07, 6.45) is 1.87. The van der Waals surface area contributed by atoms with Crippen LogP contribution < -0.4 is 10.6 Å². The van der Waals surface area contributed by atoms with Crippen LogP contribution in [-0.2, 0) is 21.8 Å². The Morgan fingerprint density at radius 2 is 1.97 bits per heavy atom. The minimum Gasteiger partial charge on any atom is -0.326 e. The lowest BCUT2D eigenvalue weighted by Gasteiger charge is -2.08. The van der Waals surface area contributed by atoms with E-state index in [0.717, 1.165) is 27.6 Å². The molecule has 0 spiro atoms. The van der Waals surface area contributed by atoms with Crippen LogP contribution in [0.25, 0.3) is 5.69 Å². The predicted octanol–water partition coefficient (Wildman–Crippen LogP) is 4.46. The molecule has 0 fully saturated rings. The maximum Gasteiger partial charge on any atom is 0.231 e. The van der Waals surface area contributed by atoms with Gasteiger partial charge < -0.3 is 10.6 Å². The van der Waals surface area contributed by atoms with Gasteiger partial charge in [-0.25, -0.2) is 4.98 Å². The van der Waals surface area contributed by atoms with E-state index in [-0.39, 0.29) is 18.2 Å². The van der Waals surface area contributed by atoms with E-state index < -0.39 is 0 Å². The van der Waals surface area contributed by atoms with Crippen molar-refractivity contribution in [3.8, 4) is 5.69 Å². The van der Waals surface area contributed by atoms with Crippen molar-refractivity contribution >= 4 is 46.3 Å². The van der Waals surface area contributed by atoms with Gasteiger partial charge in [0.1, 0.15) is 11.3 Å². The minimum absolute atomic E-state index is 0.0864. The molecule has 0 saturated heterocycles. The summed E-state index contributed by atoms with van der Waals surface area (Å²) in [7, 11) is 0. The molecule has 8 nitrogen and oxygen atoms in total. The monoisotopic (exact) mass is 478 g/mol. The van der Waals surface area contributed by atoms with Gasteiger partial charge in [0.25, 0.3) is 0 Å². The Morgan fingerprint density at radius 1 is 1.12 bits per heavy atom. The largest absolute Gasteiger partial charge is 0.326 e. The summed E-state index contributed by atoms with van der Waals surface area (Å²) in [6, 6.07) is 15.2. The first-order valence-corrected chi connectivity index (χ1v) is 12.0. The molecule has 0 radical (unpaired) electrons. The van der Waals surface area contributed by atoms with Gasteiger partial charge in [0, 0.05) is 29.4 Å². The number of para-hydroxylation sites is 1. The zero-order valence-electron chi connectivity index (χ0n) is 18.1. The van der Waals surface area contributed by atoms with Crippen LogP contribution in [0.5, 0.6) is 0 Å². The first-order valence-electron chi connectivity index (χ1n) is 10.2. The van der Waals surface area contributed by atoms with Crippen molar-refractivity contribution in [2.75, 3.05) is 10.6 Å². The maximum absolute atomic E-state index is 12.4. The number of anilines is 2. The Kier molecular flexibility index (Phi) is 7.16. The lowest BCUT2D eigenvalue weighted by Crippen LogP contribution is -2.15. The molecule has 4 aromatic rings. The Hall–Kier alpha value is -3.50. The molecule has 0 aliphatic rings. The number of aryl methyl sites for hydroxylation is 1. The second kappa shape index (κ2) is 10.4. The number of thiazole rings is 1. The van der Waals surface area contributed by atoms with E-state index in [1.807, 2.05) is 65.4 Å². The van der Waals surface area contributed by atoms with Crippen LogP contribution in [0.4, 0.5) is 11.4 Å². The molecule has 2 aromatic heterocycles. The molecule has 0 aliphatic carbocycles. The third-order valence-corrected chi connectivity index (χ3v) is 6.51. The summed E-state index contributed by atoms with van der Waals surface area (Å²) in [5.41, 5.74) is 4.27. The van der Waals surface area contributed by atoms with Crippen LogP contribution >= 0.6 is 23.1 Å². The second-order valence-electron chi connectivity index (χ2n) is 7.28. The Labute approximate surface area is 199 Å². The highest BCUT2D eigenvalue weighted by Crippen LogP contribution is 2.25. The third kappa shape index (κ3) is 6.05. The molecule has 168 valence electrons. The number of nitrogens with zero attached hydrogens (tertiary/aromatic N) is 4. The summed E-state index contributed by atoms with van der Waals surface area (Å²) in [5.74, 6) is 0.383. The smallest absolute Gasteiger partial charge is 0.231 e. The summed E-state index contributed by atoms with van der Waals surface area (Å²) in [4.78, 5) is 28.3. The van der Waals surface area contributed by atoms with E-state index in [4.69, 9.17) is 0 Å². The van der Waals surface area contributed by atoms with E-state index in [9.17, 15) is 9.59 Å². The number of amides is 2. The van der Waals surface area contributed by atoms with Gasteiger partial charge in [-0.2, -0.15) is 0 Å². The number of hydrogen-bond donors (Lipinski definition) is 2. The highest BCUT2D eigenvalue weighted by atomic mass is 32.2. The summed E-state index contributed by atoms with van der Waals surface area (Å²) >= 11 is 2.97. The van der Waals surface area contributed by atoms with Crippen LogP contribution in [-0.4, -0.2) is 31.6 Å². The summed E-state index contributed by atoms with van der Waals surface area (Å²) < 4.78 is 1.86. The molecular weight excluding hydrogens is 456 g/mol. The standard InChI is InChI=1S/C23H22N6O2S2/c1-15-6-3-4-9-20(15)27-21(31)11-22-26-18(12-32-22)13-33-23-28-24-14-29(23)19-8-5-7-17(10-19)25-16(2)30/h3-10,12,14H,11,13H2,1-2H3,(H,25,30)(H,27,31). The number of thioether (sulfide) groups is 1. The van der Waals surface area contributed by atoms with Gasteiger partial charge in [0.05, 0.1) is 17.8 Å². The molecular formula is C23H22N6O2S2. The SMILES string of the molecule is CC(=O)Nc1cccc(-n2cnnc2SCc2csc(CC(=O)Nc3ccccc3C)n2)c1. The molecule has 10 heteroatoms. The van der Waals surface area contributed by atoms with E-state index in [1.165, 1.54) is 30.0 Å². The molecule has 0 unspecified atom stereocenters. The van der Waals surface area contributed by atoms with Gasteiger partial charge in [-0.3, -0.25) is 14.2 Å². The van der Waals surface area contributed by atoms with Crippen molar-refractivity contribution in [3.05, 3.63) is 76.5 Å². The molecule has 2 aromatic carbocycles. The number of benzene rings is 2. The lowest BCUT2D eigenvalue weighted by molar-refractivity contribution is -0.116. The van der Waals surface area contributed by atoms with Gasteiger partial charge in [-0.05, 0) is 36.8 Å². The van der Waals surface area contributed by atoms with Crippen molar-refractivity contribution in [3.63, 3.8) is 0 Å². The molecule has 4 rings (SSSR count). The Balaban J connectivity index is 1.37. The quantitative estimate of drug-likeness (QED) is 0.363. The highest BCUT2D eigenvalue weighted by Gasteiger charge is 2.12. The zero-order valence-corrected chi connectivity index (χ0v) is 19.7. The number of hydrogen-bond acceptors (Lipinski definition) is 7.